The summed E-state index contributed by atoms with van der Waals surface area (Å²) in [4.78, 5) is 30.9. The van der Waals surface area contributed by atoms with Crippen LogP contribution in [0.1, 0.15) is 54.4 Å². The highest BCUT2D eigenvalue weighted by Gasteiger charge is 2.40. The van der Waals surface area contributed by atoms with E-state index in [1.165, 1.54) is 0 Å². The van der Waals surface area contributed by atoms with E-state index in [1.807, 2.05) is 51.1 Å². The number of carbonyl (C=O) groups excluding carboxylic acids is 2. The van der Waals surface area contributed by atoms with Crippen LogP contribution in [0.5, 0.6) is 0 Å². The number of carbonyl (C=O) groups is 2. The Morgan fingerprint density at radius 1 is 1.21 bits per heavy atom. The fourth-order valence-corrected chi connectivity index (χ4v) is 3.96. The Morgan fingerprint density at radius 2 is 2.00 bits per heavy atom. The molecule has 6 heteroatoms. The zero-order valence-corrected chi connectivity index (χ0v) is 17.6. The molecule has 1 aromatic heterocycles. The van der Waals surface area contributed by atoms with Crippen LogP contribution in [0, 0.1) is 0 Å². The lowest BCUT2D eigenvalue weighted by Gasteiger charge is -2.35. The standard InChI is InChI=1S/C23H31N3O3/c1-4-14-26(21(27)18-10-12-24-20(18)5-2)15-13-25-22(28)23(3)19-9-7-6-8-17(19)11-16-29-23/h6-10,12,24H,4-5,11,13-16H2,1-3H3,(H,25,28). The molecule has 1 atom stereocenters. The first-order valence-corrected chi connectivity index (χ1v) is 10.5. The first kappa shape index (κ1) is 21.1. The molecule has 0 radical (unpaired) electrons. The van der Waals surface area contributed by atoms with Gasteiger partial charge in [-0.25, -0.2) is 0 Å². The maximum atomic E-state index is 13.0. The van der Waals surface area contributed by atoms with Gasteiger partial charge >= 0.3 is 0 Å². The summed E-state index contributed by atoms with van der Waals surface area (Å²) in [5.41, 5.74) is 2.73. The van der Waals surface area contributed by atoms with Crippen molar-refractivity contribution in [2.24, 2.45) is 0 Å². The topological polar surface area (TPSA) is 74.4 Å². The summed E-state index contributed by atoms with van der Waals surface area (Å²) in [6, 6.07) is 9.76. The van der Waals surface area contributed by atoms with Crippen molar-refractivity contribution in [1.29, 1.82) is 0 Å². The van der Waals surface area contributed by atoms with Crippen LogP contribution in [0.25, 0.3) is 0 Å². The lowest BCUT2D eigenvalue weighted by atomic mass is 9.87. The monoisotopic (exact) mass is 397 g/mol. The third-order valence-corrected chi connectivity index (χ3v) is 5.59. The van der Waals surface area contributed by atoms with Crippen molar-refractivity contribution >= 4 is 11.8 Å². The molecule has 0 aliphatic carbocycles. The molecule has 0 spiro atoms. The molecule has 3 rings (SSSR count). The minimum absolute atomic E-state index is 0.00433. The van der Waals surface area contributed by atoms with Gasteiger partial charge in [-0.05, 0) is 43.4 Å². The van der Waals surface area contributed by atoms with E-state index < -0.39 is 5.60 Å². The van der Waals surface area contributed by atoms with E-state index >= 15 is 0 Å². The molecule has 2 aromatic rings. The van der Waals surface area contributed by atoms with Gasteiger partial charge in [0, 0.05) is 31.5 Å². The number of nitrogens with zero attached hydrogens (tertiary/aromatic N) is 1. The number of aryl methyl sites for hydroxylation is 1. The summed E-state index contributed by atoms with van der Waals surface area (Å²) < 4.78 is 5.90. The van der Waals surface area contributed by atoms with Crippen molar-refractivity contribution in [3.05, 3.63) is 58.9 Å². The van der Waals surface area contributed by atoms with Crippen molar-refractivity contribution in [3.63, 3.8) is 0 Å². The molecular formula is C23H31N3O3. The number of aromatic nitrogens is 1. The lowest BCUT2D eigenvalue weighted by molar-refractivity contribution is -0.148. The van der Waals surface area contributed by atoms with Crippen molar-refractivity contribution in [3.8, 4) is 0 Å². The average molecular weight is 398 g/mol. The zero-order chi connectivity index (χ0) is 20.9. The van der Waals surface area contributed by atoms with Gasteiger partial charge in [-0.15, -0.1) is 0 Å². The number of H-pyrrole nitrogens is 1. The Morgan fingerprint density at radius 3 is 2.76 bits per heavy atom. The number of rotatable bonds is 8. The summed E-state index contributed by atoms with van der Waals surface area (Å²) in [6.07, 6.45) is 4.25. The van der Waals surface area contributed by atoms with Crippen LogP contribution >= 0.6 is 0 Å². The first-order chi connectivity index (χ1) is 14.0. The van der Waals surface area contributed by atoms with Crippen LogP contribution in [0.2, 0.25) is 0 Å². The van der Waals surface area contributed by atoms with Crippen molar-refractivity contribution < 1.29 is 14.3 Å². The Labute approximate surface area is 172 Å². The molecule has 0 fully saturated rings. The van der Waals surface area contributed by atoms with Crippen LogP contribution in [0.3, 0.4) is 0 Å². The van der Waals surface area contributed by atoms with E-state index in [0.29, 0.717) is 31.8 Å². The Kier molecular flexibility index (Phi) is 6.75. The second-order valence-electron chi connectivity index (χ2n) is 7.56. The largest absolute Gasteiger partial charge is 0.364 e. The molecule has 0 saturated heterocycles. The molecule has 2 N–H and O–H groups in total. The van der Waals surface area contributed by atoms with E-state index in [9.17, 15) is 9.59 Å². The predicted molar refractivity (Wildman–Crippen MR) is 113 cm³/mol. The average Bonchev–Trinajstić information content (AvgIpc) is 3.21. The van der Waals surface area contributed by atoms with Gasteiger partial charge in [-0.1, -0.05) is 38.1 Å². The maximum Gasteiger partial charge on any atom is 0.256 e. The Balaban J connectivity index is 1.64. The molecular weight excluding hydrogens is 366 g/mol. The normalized spacial score (nSPS) is 18.2. The molecule has 0 saturated carbocycles. The van der Waals surface area contributed by atoms with Crippen LogP contribution in [-0.2, 0) is 28.0 Å². The van der Waals surface area contributed by atoms with E-state index in [1.54, 1.807) is 11.1 Å². The lowest BCUT2D eigenvalue weighted by Crippen LogP contribution is -2.49. The molecule has 2 amide bonds. The van der Waals surface area contributed by atoms with Crippen LogP contribution in [-0.4, -0.2) is 47.9 Å². The number of aromatic amines is 1. The third-order valence-electron chi connectivity index (χ3n) is 5.59. The summed E-state index contributed by atoms with van der Waals surface area (Å²) in [5, 5.41) is 2.99. The second kappa shape index (κ2) is 9.27. The van der Waals surface area contributed by atoms with E-state index in [-0.39, 0.29) is 11.8 Å². The maximum absolute atomic E-state index is 13.0. The minimum Gasteiger partial charge on any atom is -0.364 e. The fourth-order valence-electron chi connectivity index (χ4n) is 3.96. The van der Waals surface area contributed by atoms with Crippen molar-refractivity contribution in [2.45, 2.75) is 45.6 Å². The van der Waals surface area contributed by atoms with Gasteiger partial charge in [0.1, 0.15) is 0 Å². The Bertz CT molecular complexity index is 861. The highest BCUT2D eigenvalue weighted by atomic mass is 16.5. The van der Waals surface area contributed by atoms with Gasteiger partial charge in [-0.3, -0.25) is 9.59 Å². The van der Waals surface area contributed by atoms with Gasteiger partial charge in [0.2, 0.25) is 0 Å². The molecule has 29 heavy (non-hydrogen) atoms. The zero-order valence-electron chi connectivity index (χ0n) is 17.6. The number of fused-ring (bicyclic) bond motifs is 1. The smallest absolute Gasteiger partial charge is 0.256 e. The van der Waals surface area contributed by atoms with Crippen LogP contribution < -0.4 is 5.32 Å². The first-order valence-electron chi connectivity index (χ1n) is 10.5. The minimum atomic E-state index is -0.996. The van der Waals surface area contributed by atoms with Gasteiger partial charge < -0.3 is 19.9 Å². The summed E-state index contributed by atoms with van der Waals surface area (Å²) in [7, 11) is 0. The molecule has 2 heterocycles. The highest BCUT2D eigenvalue weighted by Crippen LogP contribution is 2.32. The molecule has 0 bridgehead atoms. The van der Waals surface area contributed by atoms with Gasteiger partial charge in [0.15, 0.2) is 5.60 Å². The number of amides is 2. The van der Waals surface area contributed by atoms with Gasteiger partial charge in [0.25, 0.3) is 11.8 Å². The van der Waals surface area contributed by atoms with Crippen LogP contribution in [0.15, 0.2) is 36.5 Å². The summed E-state index contributed by atoms with van der Waals surface area (Å²) >= 11 is 0. The van der Waals surface area contributed by atoms with Crippen molar-refractivity contribution in [1.82, 2.24) is 15.2 Å². The number of hydrogen-bond donors (Lipinski definition) is 2. The van der Waals surface area contributed by atoms with E-state index in [0.717, 1.165) is 36.1 Å². The predicted octanol–water partition coefficient (Wildman–Crippen LogP) is 3.03. The fraction of sp³-hybridized carbons (Fsp3) is 0.478. The third kappa shape index (κ3) is 4.37. The highest BCUT2D eigenvalue weighted by molar-refractivity contribution is 5.95. The quantitative estimate of drug-likeness (QED) is 0.719. The van der Waals surface area contributed by atoms with Gasteiger partial charge in [0.05, 0.1) is 12.2 Å². The van der Waals surface area contributed by atoms with E-state index in [2.05, 4.69) is 10.3 Å². The van der Waals surface area contributed by atoms with E-state index in [4.69, 9.17) is 4.74 Å². The molecule has 6 nitrogen and oxygen atoms in total. The van der Waals surface area contributed by atoms with Crippen molar-refractivity contribution in [2.75, 3.05) is 26.2 Å². The number of benzene rings is 1. The number of hydrogen-bond acceptors (Lipinski definition) is 3. The SMILES string of the molecule is CCCN(CCNC(=O)C1(C)OCCc2ccccc21)C(=O)c1cc[nH]c1CC. The summed E-state index contributed by atoms with van der Waals surface area (Å²) in [6.45, 7) is 7.92. The molecule has 156 valence electrons. The molecule has 1 aliphatic rings. The second-order valence-corrected chi connectivity index (χ2v) is 7.56. The number of nitrogens with one attached hydrogen (secondary N) is 2. The summed E-state index contributed by atoms with van der Waals surface area (Å²) in [5.74, 6) is -0.158. The Hall–Kier alpha value is -2.60. The number of ether oxygens (including phenoxy) is 1. The molecule has 1 unspecified atom stereocenters. The van der Waals surface area contributed by atoms with Gasteiger partial charge in [-0.2, -0.15) is 0 Å². The van der Waals surface area contributed by atoms with Crippen LogP contribution in [0.4, 0.5) is 0 Å². The molecule has 1 aromatic carbocycles. The molecule has 1 aliphatic heterocycles.